The van der Waals surface area contributed by atoms with Gasteiger partial charge in [-0.05, 0) is 33.3 Å². The van der Waals surface area contributed by atoms with Gasteiger partial charge < -0.3 is 14.5 Å². The molecule has 3 nitrogen and oxygen atoms in total. The monoisotopic (exact) mass is 250 g/mol. The molecule has 0 aliphatic heterocycles. The normalized spacial score (nSPS) is 11.2. The highest BCUT2D eigenvalue weighted by Gasteiger charge is 2.05. The Bertz CT molecular complexity index is 335. The number of hydrogen-bond donors (Lipinski definition) is 0. The second kappa shape index (κ2) is 8.11. The molecule has 0 bridgehead atoms. The van der Waals surface area contributed by atoms with E-state index < -0.39 is 0 Å². The highest BCUT2D eigenvalue weighted by atomic mass is 16.5. The first-order chi connectivity index (χ1) is 8.67. The van der Waals surface area contributed by atoms with E-state index in [9.17, 15) is 0 Å². The van der Waals surface area contributed by atoms with Gasteiger partial charge in [-0.1, -0.05) is 32.0 Å². The summed E-state index contributed by atoms with van der Waals surface area (Å²) in [7, 11) is 4.15. The highest BCUT2D eigenvalue weighted by Crippen LogP contribution is 2.18. The third-order valence-corrected chi connectivity index (χ3v) is 3.02. The quantitative estimate of drug-likeness (QED) is 0.705. The first kappa shape index (κ1) is 15.0. The van der Waals surface area contributed by atoms with Gasteiger partial charge in [-0.25, -0.2) is 0 Å². The number of benzene rings is 1. The van der Waals surface area contributed by atoms with Crippen LogP contribution in [0.25, 0.3) is 0 Å². The van der Waals surface area contributed by atoms with E-state index in [2.05, 4.69) is 55.9 Å². The number of nitrogens with zero attached hydrogens (tertiary/aromatic N) is 2. The van der Waals surface area contributed by atoms with Gasteiger partial charge in [0.2, 0.25) is 0 Å². The zero-order valence-electron chi connectivity index (χ0n) is 12.1. The van der Waals surface area contributed by atoms with Gasteiger partial charge in [-0.2, -0.15) is 0 Å². The summed E-state index contributed by atoms with van der Waals surface area (Å²) in [5.41, 5.74) is 1.25. The SMILES string of the molecule is CCN(CC)CCOc1ccccc1CN(C)C. The fourth-order valence-corrected chi connectivity index (χ4v) is 1.94. The number of para-hydroxylation sites is 1. The standard InChI is InChI=1S/C15H26N2O/c1-5-17(6-2)11-12-18-15-10-8-7-9-14(15)13-16(3)4/h7-10H,5-6,11-13H2,1-4H3. The Kier molecular flexibility index (Phi) is 6.76. The molecular weight excluding hydrogens is 224 g/mol. The van der Waals surface area contributed by atoms with Crippen LogP contribution in [0.2, 0.25) is 0 Å². The first-order valence-corrected chi connectivity index (χ1v) is 6.75. The Morgan fingerprint density at radius 2 is 1.72 bits per heavy atom. The maximum Gasteiger partial charge on any atom is 0.123 e. The van der Waals surface area contributed by atoms with Crippen LogP contribution in [0, 0.1) is 0 Å². The zero-order chi connectivity index (χ0) is 13.4. The molecule has 0 radical (unpaired) electrons. The molecule has 0 aliphatic rings. The van der Waals surface area contributed by atoms with Crippen molar-refractivity contribution in [2.24, 2.45) is 0 Å². The van der Waals surface area contributed by atoms with Gasteiger partial charge in [0.25, 0.3) is 0 Å². The van der Waals surface area contributed by atoms with Gasteiger partial charge in [0.1, 0.15) is 12.4 Å². The molecule has 0 spiro atoms. The van der Waals surface area contributed by atoms with Crippen LogP contribution in [0.5, 0.6) is 5.75 Å². The van der Waals surface area contributed by atoms with E-state index in [-0.39, 0.29) is 0 Å². The van der Waals surface area contributed by atoms with Crippen LogP contribution in [0.4, 0.5) is 0 Å². The minimum atomic E-state index is 0.756. The topological polar surface area (TPSA) is 15.7 Å². The predicted molar refractivity (Wildman–Crippen MR) is 77.1 cm³/mol. The lowest BCUT2D eigenvalue weighted by molar-refractivity contribution is 0.220. The van der Waals surface area contributed by atoms with E-state index >= 15 is 0 Å². The lowest BCUT2D eigenvalue weighted by Gasteiger charge is -2.19. The number of rotatable bonds is 8. The van der Waals surface area contributed by atoms with E-state index in [4.69, 9.17) is 4.74 Å². The van der Waals surface area contributed by atoms with Crippen molar-refractivity contribution in [2.75, 3.05) is 40.3 Å². The second-order valence-electron chi connectivity index (χ2n) is 4.72. The van der Waals surface area contributed by atoms with Crippen molar-refractivity contribution in [2.45, 2.75) is 20.4 Å². The molecule has 0 fully saturated rings. The van der Waals surface area contributed by atoms with Gasteiger partial charge in [0.15, 0.2) is 0 Å². The lowest BCUT2D eigenvalue weighted by Crippen LogP contribution is -2.28. The van der Waals surface area contributed by atoms with Crippen LogP contribution in [-0.2, 0) is 6.54 Å². The second-order valence-corrected chi connectivity index (χ2v) is 4.72. The van der Waals surface area contributed by atoms with E-state index in [1.807, 2.05) is 6.07 Å². The summed E-state index contributed by atoms with van der Waals surface area (Å²) >= 11 is 0. The summed E-state index contributed by atoms with van der Waals surface area (Å²) in [6.07, 6.45) is 0. The Morgan fingerprint density at radius 1 is 1.06 bits per heavy atom. The zero-order valence-corrected chi connectivity index (χ0v) is 12.1. The molecular formula is C15H26N2O. The van der Waals surface area contributed by atoms with Crippen molar-refractivity contribution in [1.82, 2.24) is 9.80 Å². The van der Waals surface area contributed by atoms with Crippen molar-refractivity contribution in [3.8, 4) is 5.75 Å². The van der Waals surface area contributed by atoms with Crippen LogP contribution in [0.15, 0.2) is 24.3 Å². The molecule has 1 aromatic rings. The Hall–Kier alpha value is -1.06. The molecule has 0 heterocycles. The average Bonchev–Trinajstić information content (AvgIpc) is 2.36. The van der Waals surface area contributed by atoms with Crippen LogP contribution < -0.4 is 4.74 Å². The molecule has 18 heavy (non-hydrogen) atoms. The van der Waals surface area contributed by atoms with E-state index in [0.29, 0.717) is 0 Å². The third kappa shape index (κ3) is 5.07. The van der Waals surface area contributed by atoms with Crippen molar-refractivity contribution < 1.29 is 4.74 Å². The molecule has 1 aromatic carbocycles. The highest BCUT2D eigenvalue weighted by molar-refractivity contribution is 5.33. The van der Waals surface area contributed by atoms with Gasteiger partial charge in [0.05, 0.1) is 0 Å². The fraction of sp³-hybridized carbons (Fsp3) is 0.600. The van der Waals surface area contributed by atoms with E-state index in [1.54, 1.807) is 0 Å². The Labute approximate surface area is 111 Å². The lowest BCUT2D eigenvalue weighted by atomic mass is 10.2. The summed E-state index contributed by atoms with van der Waals surface area (Å²) in [6, 6.07) is 8.29. The van der Waals surface area contributed by atoms with Crippen LogP contribution in [-0.4, -0.2) is 50.1 Å². The maximum atomic E-state index is 5.90. The number of likely N-dealkylation sites (N-methyl/N-ethyl adjacent to an activating group) is 1. The van der Waals surface area contributed by atoms with Crippen molar-refractivity contribution in [3.63, 3.8) is 0 Å². The Balaban J connectivity index is 2.50. The summed E-state index contributed by atoms with van der Waals surface area (Å²) in [5, 5.41) is 0. The van der Waals surface area contributed by atoms with Crippen LogP contribution in [0.1, 0.15) is 19.4 Å². The summed E-state index contributed by atoms with van der Waals surface area (Å²) in [4.78, 5) is 4.53. The molecule has 0 saturated carbocycles. The van der Waals surface area contributed by atoms with E-state index in [1.165, 1.54) is 5.56 Å². The summed E-state index contributed by atoms with van der Waals surface area (Å²) < 4.78 is 5.90. The van der Waals surface area contributed by atoms with Crippen molar-refractivity contribution in [3.05, 3.63) is 29.8 Å². The van der Waals surface area contributed by atoms with Gasteiger partial charge in [-0.15, -0.1) is 0 Å². The first-order valence-electron chi connectivity index (χ1n) is 6.75. The predicted octanol–water partition coefficient (Wildman–Crippen LogP) is 2.47. The average molecular weight is 250 g/mol. The molecule has 0 aromatic heterocycles. The molecule has 0 atom stereocenters. The molecule has 0 unspecified atom stereocenters. The molecule has 0 saturated heterocycles. The smallest absolute Gasteiger partial charge is 0.123 e. The largest absolute Gasteiger partial charge is 0.492 e. The van der Waals surface area contributed by atoms with Crippen LogP contribution in [0.3, 0.4) is 0 Å². The molecule has 1 rings (SSSR count). The van der Waals surface area contributed by atoms with Crippen molar-refractivity contribution in [1.29, 1.82) is 0 Å². The summed E-state index contributed by atoms with van der Waals surface area (Å²) in [6.45, 7) is 9.20. The fourth-order valence-electron chi connectivity index (χ4n) is 1.94. The number of hydrogen-bond acceptors (Lipinski definition) is 3. The minimum absolute atomic E-state index is 0.756. The molecule has 3 heteroatoms. The minimum Gasteiger partial charge on any atom is -0.492 e. The molecule has 0 aliphatic carbocycles. The Morgan fingerprint density at radius 3 is 2.33 bits per heavy atom. The van der Waals surface area contributed by atoms with Gasteiger partial charge in [0, 0.05) is 18.7 Å². The van der Waals surface area contributed by atoms with Gasteiger partial charge in [-0.3, -0.25) is 0 Å². The van der Waals surface area contributed by atoms with Crippen LogP contribution >= 0.6 is 0 Å². The molecule has 0 N–H and O–H groups in total. The van der Waals surface area contributed by atoms with Gasteiger partial charge >= 0.3 is 0 Å². The third-order valence-electron chi connectivity index (χ3n) is 3.02. The number of ether oxygens (including phenoxy) is 1. The molecule has 0 amide bonds. The maximum absolute atomic E-state index is 5.90. The molecule has 102 valence electrons. The summed E-state index contributed by atoms with van der Waals surface area (Å²) in [5.74, 6) is 1.01. The van der Waals surface area contributed by atoms with Crippen molar-refractivity contribution >= 4 is 0 Å². The van der Waals surface area contributed by atoms with E-state index in [0.717, 1.165) is 38.5 Å².